The zero-order valence-electron chi connectivity index (χ0n) is 14.8. The number of amides is 1. The fourth-order valence-corrected chi connectivity index (χ4v) is 3.92. The van der Waals surface area contributed by atoms with Crippen molar-refractivity contribution in [2.45, 2.75) is 17.7 Å². The second-order valence-corrected chi connectivity index (χ2v) is 9.06. The summed E-state index contributed by atoms with van der Waals surface area (Å²) in [5, 5.41) is 14.2. The Hall–Kier alpha value is -2.31. The molecule has 1 amide bonds. The first kappa shape index (κ1) is 19.5. The van der Waals surface area contributed by atoms with Gasteiger partial charge in [-0.1, -0.05) is 35.9 Å². The number of carbonyl (C=O) groups is 1. The lowest BCUT2D eigenvalue weighted by molar-refractivity contribution is -0.122. The van der Waals surface area contributed by atoms with E-state index in [0.29, 0.717) is 29.1 Å². The molecule has 0 bridgehead atoms. The predicted molar refractivity (Wildman–Crippen MR) is 105 cm³/mol. The number of sulfone groups is 1. The molecule has 7 heteroatoms. The Bertz CT molecular complexity index is 980. The fraction of sp³-hybridized carbons (Fsp3) is 0.250. The highest BCUT2D eigenvalue weighted by Crippen LogP contribution is 2.31. The van der Waals surface area contributed by atoms with Crippen LogP contribution in [-0.2, 0) is 14.6 Å². The normalized spacial score (nSPS) is 18.1. The number of halogens is 1. The zero-order chi connectivity index (χ0) is 19.6. The Morgan fingerprint density at radius 2 is 1.67 bits per heavy atom. The second kappa shape index (κ2) is 7.74. The van der Waals surface area contributed by atoms with E-state index in [4.69, 9.17) is 11.6 Å². The summed E-state index contributed by atoms with van der Waals surface area (Å²) >= 11 is 5.97. The minimum Gasteiger partial charge on any atom is -0.512 e. The summed E-state index contributed by atoms with van der Waals surface area (Å²) in [6.07, 6.45) is 2.04. The van der Waals surface area contributed by atoms with E-state index in [1.165, 1.54) is 12.1 Å². The van der Waals surface area contributed by atoms with Crippen molar-refractivity contribution >= 4 is 32.9 Å². The van der Waals surface area contributed by atoms with Gasteiger partial charge in [0.2, 0.25) is 5.91 Å². The van der Waals surface area contributed by atoms with Crippen LogP contribution in [0.1, 0.15) is 24.0 Å². The van der Waals surface area contributed by atoms with Crippen molar-refractivity contribution in [3.63, 3.8) is 0 Å². The van der Waals surface area contributed by atoms with Crippen molar-refractivity contribution in [2.75, 3.05) is 12.8 Å². The molecule has 5 nitrogen and oxygen atoms in total. The van der Waals surface area contributed by atoms with Crippen molar-refractivity contribution < 1.29 is 18.3 Å². The largest absolute Gasteiger partial charge is 0.512 e. The quantitative estimate of drug-likeness (QED) is 0.744. The van der Waals surface area contributed by atoms with Gasteiger partial charge in [0.1, 0.15) is 5.76 Å². The lowest BCUT2D eigenvalue weighted by Crippen LogP contribution is -2.19. The molecule has 142 valence electrons. The number of carbonyl (C=O) groups excluding carboxylic acids is 1. The maximum absolute atomic E-state index is 11.9. The van der Waals surface area contributed by atoms with Gasteiger partial charge < -0.3 is 10.4 Å². The Morgan fingerprint density at radius 1 is 1.11 bits per heavy atom. The van der Waals surface area contributed by atoms with Crippen LogP contribution in [0.5, 0.6) is 0 Å². The summed E-state index contributed by atoms with van der Waals surface area (Å²) in [5.74, 6) is -0.251. The van der Waals surface area contributed by atoms with E-state index in [2.05, 4.69) is 5.32 Å². The molecule has 1 aliphatic heterocycles. The van der Waals surface area contributed by atoms with Gasteiger partial charge in [-0.2, -0.15) is 0 Å². The molecule has 0 aliphatic carbocycles. The average molecular weight is 406 g/mol. The monoisotopic (exact) mass is 405 g/mol. The van der Waals surface area contributed by atoms with Gasteiger partial charge in [0.25, 0.3) is 0 Å². The highest BCUT2D eigenvalue weighted by molar-refractivity contribution is 7.90. The molecule has 0 aromatic heterocycles. The van der Waals surface area contributed by atoms with E-state index in [1.807, 2.05) is 0 Å². The van der Waals surface area contributed by atoms with Gasteiger partial charge in [0, 0.05) is 35.7 Å². The number of nitrogens with one attached hydrogen (secondary N) is 1. The number of rotatable bonds is 5. The van der Waals surface area contributed by atoms with Crippen molar-refractivity contribution in [3.05, 3.63) is 70.4 Å². The second-order valence-electron chi connectivity index (χ2n) is 6.61. The number of aliphatic hydroxyl groups excluding tert-OH is 1. The molecule has 2 aromatic rings. The molecular weight excluding hydrogens is 386 g/mol. The molecule has 1 heterocycles. The van der Waals surface area contributed by atoms with Gasteiger partial charge in [0.15, 0.2) is 9.84 Å². The standard InChI is InChI=1S/C20H20ClNO4S/c1-27(25,26)17-8-4-14(5-9-17)19(13-2-6-16(21)7-3-13)18(23)12-15-10-11-22-20(15)24/h2-9,15,23H,10-12H2,1H3,(H,22,24)/b19-18+. The Balaban J connectivity index is 2.05. The minimum atomic E-state index is -3.31. The van der Waals surface area contributed by atoms with Crippen LogP contribution in [0.15, 0.2) is 59.2 Å². The molecule has 0 radical (unpaired) electrons. The first-order chi connectivity index (χ1) is 12.8. The molecule has 2 N–H and O–H groups in total. The Kier molecular flexibility index (Phi) is 5.58. The highest BCUT2D eigenvalue weighted by Gasteiger charge is 2.26. The lowest BCUT2D eigenvalue weighted by Gasteiger charge is -2.15. The van der Waals surface area contributed by atoms with E-state index in [0.717, 1.165) is 11.8 Å². The van der Waals surface area contributed by atoms with Gasteiger partial charge in [0.05, 0.1) is 4.90 Å². The summed E-state index contributed by atoms with van der Waals surface area (Å²) in [5.41, 5.74) is 1.97. The van der Waals surface area contributed by atoms with Crippen LogP contribution in [0.2, 0.25) is 5.02 Å². The van der Waals surface area contributed by atoms with E-state index in [9.17, 15) is 18.3 Å². The number of aliphatic hydroxyl groups is 1. The van der Waals surface area contributed by atoms with Crippen LogP contribution in [0.4, 0.5) is 0 Å². The minimum absolute atomic E-state index is 0.0653. The third-order valence-electron chi connectivity index (χ3n) is 4.60. The summed E-state index contributed by atoms with van der Waals surface area (Å²) < 4.78 is 23.4. The van der Waals surface area contributed by atoms with Gasteiger partial charge >= 0.3 is 0 Å². The van der Waals surface area contributed by atoms with Gasteiger partial charge in [-0.3, -0.25) is 4.79 Å². The SMILES string of the molecule is CS(=O)(=O)c1ccc(/C(=C(/O)CC2CCNC2=O)c2ccc(Cl)cc2)cc1. The van der Waals surface area contributed by atoms with Crippen LogP contribution in [-0.4, -0.2) is 32.2 Å². The first-order valence-electron chi connectivity index (χ1n) is 8.52. The molecule has 27 heavy (non-hydrogen) atoms. The van der Waals surface area contributed by atoms with E-state index in [1.54, 1.807) is 36.4 Å². The zero-order valence-corrected chi connectivity index (χ0v) is 16.3. The van der Waals surface area contributed by atoms with Crippen molar-refractivity contribution in [3.8, 4) is 0 Å². The third kappa shape index (κ3) is 4.51. The van der Waals surface area contributed by atoms with Crippen LogP contribution < -0.4 is 5.32 Å². The van der Waals surface area contributed by atoms with Crippen molar-refractivity contribution in [1.82, 2.24) is 5.32 Å². The Labute approximate surface area is 163 Å². The third-order valence-corrected chi connectivity index (χ3v) is 5.98. The average Bonchev–Trinajstić information content (AvgIpc) is 3.01. The Morgan fingerprint density at radius 3 is 2.15 bits per heavy atom. The van der Waals surface area contributed by atoms with E-state index in [-0.39, 0.29) is 28.9 Å². The van der Waals surface area contributed by atoms with Crippen molar-refractivity contribution in [1.29, 1.82) is 0 Å². The predicted octanol–water partition coefficient (Wildman–Crippen LogP) is 3.59. The van der Waals surface area contributed by atoms with Gasteiger partial charge in [-0.25, -0.2) is 8.42 Å². The number of benzene rings is 2. The number of hydrogen-bond donors (Lipinski definition) is 2. The highest BCUT2D eigenvalue weighted by atomic mass is 35.5. The topological polar surface area (TPSA) is 83.5 Å². The van der Waals surface area contributed by atoms with E-state index < -0.39 is 9.84 Å². The molecule has 0 spiro atoms. The lowest BCUT2D eigenvalue weighted by atomic mass is 9.92. The van der Waals surface area contributed by atoms with Gasteiger partial charge in [-0.05, 0) is 41.8 Å². The van der Waals surface area contributed by atoms with Crippen LogP contribution in [0.25, 0.3) is 5.57 Å². The summed E-state index contributed by atoms with van der Waals surface area (Å²) in [7, 11) is -3.31. The molecule has 2 aromatic carbocycles. The molecule has 1 atom stereocenters. The number of allylic oxidation sites excluding steroid dienone is 1. The van der Waals surface area contributed by atoms with Crippen molar-refractivity contribution in [2.24, 2.45) is 5.92 Å². The molecule has 1 saturated heterocycles. The fourth-order valence-electron chi connectivity index (χ4n) is 3.16. The summed E-state index contributed by atoms with van der Waals surface area (Å²) in [6.45, 7) is 0.607. The number of hydrogen-bond acceptors (Lipinski definition) is 4. The molecule has 0 saturated carbocycles. The molecule has 1 unspecified atom stereocenters. The van der Waals surface area contributed by atoms with E-state index >= 15 is 0 Å². The molecule has 3 rings (SSSR count). The first-order valence-corrected chi connectivity index (χ1v) is 10.8. The van der Waals surface area contributed by atoms with Crippen LogP contribution in [0, 0.1) is 5.92 Å². The molecular formula is C20H20ClNO4S. The van der Waals surface area contributed by atoms with Crippen LogP contribution in [0.3, 0.4) is 0 Å². The summed E-state index contributed by atoms with van der Waals surface area (Å²) in [4.78, 5) is 12.1. The van der Waals surface area contributed by atoms with Gasteiger partial charge in [-0.15, -0.1) is 0 Å². The molecule has 1 fully saturated rings. The maximum atomic E-state index is 11.9. The molecule has 1 aliphatic rings. The smallest absolute Gasteiger partial charge is 0.223 e. The summed E-state index contributed by atoms with van der Waals surface area (Å²) in [6, 6.07) is 13.3. The van der Waals surface area contributed by atoms with Crippen LogP contribution >= 0.6 is 11.6 Å². The maximum Gasteiger partial charge on any atom is 0.223 e.